The van der Waals surface area contributed by atoms with E-state index in [9.17, 15) is 19.8 Å². The summed E-state index contributed by atoms with van der Waals surface area (Å²) in [5.74, 6) is -0.514. The first-order valence-electron chi connectivity index (χ1n) is 10.5. The number of esters is 1. The fraction of sp³-hybridized carbons (Fsp3) is 0.739. The molecule has 0 radical (unpaired) electrons. The molecule has 5 heteroatoms. The first-order chi connectivity index (χ1) is 13.2. The zero-order valence-corrected chi connectivity index (χ0v) is 17.9. The van der Waals surface area contributed by atoms with Gasteiger partial charge in [0.15, 0.2) is 0 Å². The highest BCUT2D eigenvalue weighted by Gasteiger charge is 2.39. The molecule has 0 aromatic carbocycles. The van der Waals surface area contributed by atoms with Gasteiger partial charge in [-0.1, -0.05) is 57.4 Å². The number of rotatable bonds is 12. The maximum absolute atomic E-state index is 12.3. The average molecular weight is 395 g/mol. The topological polar surface area (TPSA) is 83.8 Å². The second kappa shape index (κ2) is 12.2. The van der Waals surface area contributed by atoms with Crippen molar-refractivity contribution in [2.75, 3.05) is 7.11 Å². The van der Waals surface area contributed by atoms with Crippen molar-refractivity contribution in [3.05, 3.63) is 24.3 Å². The Balaban J connectivity index is 2.61. The molecule has 0 aliphatic heterocycles. The van der Waals surface area contributed by atoms with Gasteiger partial charge >= 0.3 is 5.97 Å². The van der Waals surface area contributed by atoms with Gasteiger partial charge in [-0.3, -0.25) is 9.59 Å². The number of methoxy groups -OCH3 is 1. The average Bonchev–Trinajstić information content (AvgIpc) is 2.89. The number of carbonyl (C=O) groups excluding carboxylic acids is 2. The molecule has 1 saturated carbocycles. The van der Waals surface area contributed by atoms with Gasteiger partial charge in [-0.2, -0.15) is 0 Å². The predicted octanol–water partition coefficient (Wildman–Crippen LogP) is 3.98. The number of carbonyl (C=O) groups is 2. The second-order valence-corrected chi connectivity index (χ2v) is 8.43. The number of hydrogen-bond acceptors (Lipinski definition) is 5. The summed E-state index contributed by atoms with van der Waals surface area (Å²) in [6.45, 7) is 5.88. The van der Waals surface area contributed by atoms with Gasteiger partial charge in [0, 0.05) is 24.7 Å². The van der Waals surface area contributed by atoms with Crippen molar-refractivity contribution in [3.63, 3.8) is 0 Å². The highest BCUT2D eigenvalue weighted by atomic mass is 16.5. The Morgan fingerprint density at radius 2 is 2.07 bits per heavy atom. The number of allylic oxidation sites excluding steroid dienone is 3. The van der Waals surface area contributed by atoms with Gasteiger partial charge in [0.25, 0.3) is 0 Å². The Morgan fingerprint density at radius 3 is 2.71 bits per heavy atom. The second-order valence-electron chi connectivity index (χ2n) is 8.43. The number of unbranched alkanes of at least 4 members (excludes halogenated alkanes) is 2. The van der Waals surface area contributed by atoms with Crippen LogP contribution in [0.25, 0.3) is 0 Å². The van der Waals surface area contributed by atoms with Crippen LogP contribution in [0.1, 0.15) is 72.1 Å². The number of aliphatic hydroxyl groups excluding tert-OH is 1. The van der Waals surface area contributed by atoms with Gasteiger partial charge in [-0.25, -0.2) is 0 Å². The molecule has 0 bridgehead atoms. The van der Waals surface area contributed by atoms with E-state index in [2.05, 4.69) is 11.7 Å². The highest BCUT2D eigenvalue weighted by Crippen LogP contribution is 2.34. The third-order valence-corrected chi connectivity index (χ3v) is 5.54. The Labute approximate surface area is 169 Å². The molecule has 0 heterocycles. The maximum Gasteiger partial charge on any atom is 0.305 e. The van der Waals surface area contributed by atoms with Crippen molar-refractivity contribution in [1.29, 1.82) is 0 Å². The van der Waals surface area contributed by atoms with Crippen LogP contribution >= 0.6 is 0 Å². The summed E-state index contributed by atoms with van der Waals surface area (Å²) in [7, 11) is 1.39. The Morgan fingerprint density at radius 1 is 1.36 bits per heavy atom. The molecule has 0 saturated heterocycles. The smallest absolute Gasteiger partial charge is 0.305 e. The van der Waals surface area contributed by atoms with E-state index in [1.807, 2.05) is 19.1 Å². The van der Waals surface area contributed by atoms with Crippen molar-refractivity contribution in [2.24, 2.45) is 17.8 Å². The van der Waals surface area contributed by atoms with E-state index < -0.39 is 11.7 Å². The molecule has 0 spiro atoms. The van der Waals surface area contributed by atoms with Crippen LogP contribution in [0.5, 0.6) is 0 Å². The SMILES string of the molecule is CCCCC[C@@](C)(O)/C=C/[C@H]1C(=O)C[C@H](O)[C@@H]1C/C=C\CC(C)CC(=O)OC. The lowest BCUT2D eigenvalue weighted by Gasteiger charge is -2.21. The van der Waals surface area contributed by atoms with Gasteiger partial charge < -0.3 is 14.9 Å². The Hall–Kier alpha value is -1.46. The summed E-state index contributed by atoms with van der Waals surface area (Å²) in [5, 5.41) is 20.8. The molecule has 28 heavy (non-hydrogen) atoms. The molecule has 1 aliphatic carbocycles. The largest absolute Gasteiger partial charge is 0.469 e. The minimum absolute atomic E-state index is 0.0329. The lowest BCUT2D eigenvalue weighted by Crippen LogP contribution is -2.23. The first-order valence-corrected chi connectivity index (χ1v) is 10.5. The van der Waals surface area contributed by atoms with Crippen molar-refractivity contribution >= 4 is 11.8 Å². The normalized spacial score (nSPS) is 26.1. The minimum Gasteiger partial charge on any atom is -0.469 e. The van der Waals surface area contributed by atoms with Crippen LogP contribution in [-0.4, -0.2) is 40.8 Å². The van der Waals surface area contributed by atoms with Gasteiger partial charge in [0.2, 0.25) is 0 Å². The van der Waals surface area contributed by atoms with Crippen molar-refractivity contribution in [2.45, 2.75) is 83.8 Å². The van der Waals surface area contributed by atoms with Crippen LogP contribution in [0.15, 0.2) is 24.3 Å². The number of aliphatic hydroxyl groups is 2. The zero-order chi connectivity index (χ0) is 21.2. The van der Waals surface area contributed by atoms with E-state index in [4.69, 9.17) is 0 Å². The molecule has 0 aromatic heterocycles. The summed E-state index contributed by atoms with van der Waals surface area (Å²) in [6, 6.07) is 0. The molecule has 1 aliphatic rings. The first kappa shape index (κ1) is 24.6. The molecule has 1 fully saturated rings. The Bertz CT molecular complexity index is 549. The van der Waals surface area contributed by atoms with E-state index in [0.717, 1.165) is 25.7 Å². The molecule has 2 N–H and O–H groups in total. The van der Waals surface area contributed by atoms with E-state index in [1.165, 1.54) is 7.11 Å². The van der Waals surface area contributed by atoms with Crippen LogP contribution < -0.4 is 0 Å². The van der Waals surface area contributed by atoms with E-state index in [-0.39, 0.29) is 35.9 Å². The number of hydrogen-bond donors (Lipinski definition) is 2. The summed E-state index contributed by atoms with van der Waals surface area (Å²) in [4.78, 5) is 23.6. The number of Topliss-reactive ketones (excluding diaryl/α,β-unsaturated/α-hetero) is 1. The molecule has 160 valence electrons. The van der Waals surface area contributed by atoms with Crippen molar-refractivity contribution in [3.8, 4) is 0 Å². The monoisotopic (exact) mass is 394 g/mol. The van der Waals surface area contributed by atoms with E-state index in [0.29, 0.717) is 19.3 Å². The van der Waals surface area contributed by atoms with Gasteiger partial charge in [-0.05, 0) is 32.1 Å². The molecule has 0 aromatic rings. The summed E-state index contributed by atoms with van der Waals surface area (Å²) in [5.41, 5.74) is -0.924. The lowest BCUT2D eigenvalue weighted by atomic mass is 9.88. The third-order valence-electron chi connectivity index (χ3n) is 5.54. The number of ether oxygens (including phenoxy) is 1. The molecule has 1 rings (SSSR count). The van der Waals surface area contributed by atoms with Crippen molar-refractivity contribution in [1.82, 2.24) is 0 Å². The Kier molecular flexibility index (Phi) is 10.7. The number of ketones is 1. The lowest BCUT2D eigenvalue weighted by molar-refractivity contribution is -0.141. The zero-order valence-electron chi connectivity index (χ0n) is 17.9. The molecular weight excluding hydrogens is 356 g/mol. The standard InChI is InChI=1S/C23H38O5/c1-5-6-9-13-23(3,27)14-12-19-18(20(24)16-21(19)25)11-8-7-10-17(2)15-22(26)28-4/h7-8,12,14,17-20,24,27H,5-6,9-11,13,15-16H2,1-4H3/b8-7-,14-12+/t17?,18-,19-,20+,23-/m1/s1. The van der Waals surface area contributed by atoms with Gasteiger partial charge in [0.1, 0.15) is 5.78 Å². The molecule has 0 amide bonds. The summed E-state index contributed by atoms with van der Waals surface area (Å²) >= 11 is 0. The van der Waals surface area contributed by atoms with E-state index in [1.54, 1.807) is 19.1 Å². The predicted molar refractivity (Wildman–Crippen MR) is 111 cm³/mol. The molecule has 5 atom stereocenters. The van der Waals surface area contributed by atoms with Crippen LogP contribution in [0.3, 0.4) is 0 Å². The summed E-state index contributed by atoms with van der Waals surface area (Å²) in [6.07, 6.45) is 12.6. The fourth-order valence-corrected chi connectivity index (χ4v) is 3.69. The van der Waals surface area contributed by atoms with Gasteiger partial charge in [-0.15, -0.1) is 0 Å². The molecule has 1 unspecified atom stereocenters. The van der Waals surface area contributed by atoms with Crippen LogP contribution in [0.4, 0.5) is 0 Å². The molecule has 5 nitrogen and oxygen atoms in total. The molecular formula is C23H38O5. The van der Waals surface area contributed by atoms with E-state index >= 15 is 0 Å². The van der Waals surface area contributed by atoms with Gasteiger partial charge in [0.05, 0.1) is 18.8 Å². The van der Waals surface area contributed by atoms with Crippen LogP contribution in [-0.2, 0) is 14.3 Å². The quantitative estimate of drug-likeness (QED) is 0.297. The minimum atomic E-state index is -0.924. The van der Waals surface area contributed by atoms with Crippen molar-refractivity contribution < 1.29 is 24.5 Å². The van der Waals surface area contributed by atoms with Crippen LogP contribution in [0, 0.1) is 17.8 Å². The fourth-order valence-electron chi connectivity index (χ4n) is 3.69. The van der Waals surface area contributed by atoms with Crippen LogP contribution in [0.2, 0.25) is 0 Å². The maximum atomic E-state index is 12.3. The summed E-state index contributed by atoms with van der Waals surface area (Å²) < 4.78 is 4.67. The third kappa shape index (κ3) is 8.70. The highest BCUT2D eigenvalue weighted by molar-refractivity contribution is 5.86.